The minimum absolute atomic E-state index is 0. The van der Waals surface area contributed by atoms with Gasteiger partial charge in [-0.1, -0.05) is 118 Å². The van der Waals surface area contributed by atoms with Gasteiger partial charge in [0.1, 0.15) is 0 Å². The van der Waals surface area contributed by atoms with Crippen LogP contribution in [0.3, 0.4) is 0 Å². The van der Waals surface area contributed by atoms with Crippen LogP contribution in [0, 0.1) is 39.8 Å². The largest absolute Gasteiger partial charge is 2.00 e. The van der Waals surface area contributed by atoms with Crippen LogP contribution < -0.4 is 0 Å². The molecule has 0 bridgehead atoms. The predicted octanol–water partition coefficient (Wildman–Crippen LogP) is 13.7. The Morgan fingerprint density at radius 1 is 0.481 bits per heavy atom. The smallest absolute Gasteiger partial charge is 0.350 e. The van der Waals surface area contributed by atoms with E-state index in [0.29, 0.717) is 5.41 Å². The van der Waals surface area contributed by atoms with Gasteiger partial charge in [-0.15, -0.1) is 6.07 Å². The van der Waals surface area contributed by atoms with Gasteiger partial charge in [-0.05, 0) is 58.6 Å². The van der Waals surface area contributed by atoms with Gasteiger partial charge < -0.3 is 20.8 Å². The van der Waals surface area contributed by atoms with Crippen LogP contribution in [0.1, 0.15) is 152 Å². The van der Waals surface area contributed by atoms with Crippen molar-refractivity contribution in [2.75, 3.05) is 0 Å². The Morgan fingerprint density at radius 3 is 1.39 bits per heavy atom. The van der Waals surface area contributed by atoms with Gasteiger partial charge in [0, 0.05) is 0 Å². The fourth-order valence-corrected chi connectivity index (χ4v) is 5.74. The molecule has 0 amide bonds. The first kappa shape index (κ1) is 54.9. The molecule has 5 rings (SSSR count). The molecule has 54 heavy (non-hydrogen) atoms. The molecule has 0 unspecified atom stereocenters. The van der Waals surface area contributed by atoms with Gasteiger partial charge in [0.05, 0.1) is 0 Å². The molecule has 3 heteroatoms. The Morgan fingerprint density at radius 2 is 0.944 bits per heavy atom. The molecular formula is C51H70W3. The van der Waals surface area contributed by atoms with E-state index < -0.39 is 0 Å². The summed E-state index contributed by atoms with van der Waals surface area (Å²) in [4.78, 5) is 0. The molecule has 0 nitrogen and oxygen atoms in total. The van der Waals surface area contributed by atoms with Gasteiger partial charge in [0.25, 0.3) is 0 Å². The second-order valence-electron chi connectivity index (χ2n) is 18.1. The van der Waals surface area contributed by atoms with Crippen LogP contribution in [0.5, 0.6) is 0 Å². The molecule has 4 aromatic carbocycles. The maximum Gasteiger partial charge on any atom is 2.00 e. The summed E-state index contributed by atoms with van der Waals surface area (Å²) in [6.45, 7) is 42.3. The average Bonchev–Trinajstić information content (AvgIpc) is 3.07. The molecule has 0 saturated carbocycles. The molecule has 0 heterocycles. The molecule has 1 aliphatic carbocycles. The zero-order valence-corrected chi connectivity index (χ0v) is 44.7. The van der Waals surface area contributed by atoms with Crippen molar-refractivity contribution in [1.29, 1.82) is 0 Å². The van der Waals surface area contributed by atoms with Crippen LogP contribution >= 0.6 is 0 Å². The minimum atomic E-state index is 0. The molecule has 0 aliphatic heterocycles. The minimum Gasteiger partial charge on any atom is -0.350 e. The zero-order valence-electron chi connectivity index (χ0n) is 35.9. The first-order valence-electron chi connectivity index (χ1n) is 19.1. The van der Waals surface area contributed by atoms with E-state index in [1.165, 1.54) is 64.6 Å². The third-order valence-corrected chi connectivity index (χ3v) is 9.57. The Bertz CT molecular complexity index is 1620. The topological polar surface area (TPSA) is 0 Å². The molecule has 0 N–H and O–H groups in total. The quantitative estimate of drug-likeness (QED) is 0.179. The molecule has 4 aromatic rings. The fourth-order valence-electron chi connectivity index (χ4n) is 5.74. The molecule has 0 spiro atoms. The van der Waals surface area contributed by atoms with Crippen LogP contribution in [0.25, 0.3) is 0 Å². The summed E-state index contributed by atoms with van der Waals surface area (Å²) in [6.07, 6.45) is 7.80. The van der Waals surface area contributed by atoms with E-state index in [2.05, 4.69) is 190 Å². The van der Waals surface area contributed by atoms with E-state index in [1.54, 1.807) is 11.1 Å². The Hall–Kier alpha value is -1.19. The van der Waals surface area contributed by atoms with Gasteiger partial charge >= 0.3 is 63.2 Å². The number of hydrogen-bond donors (Lipinski definition) is 0. The van der Waals surface area contributed by atoms with E-state index in [1.807, 2.05) is 6.07 Å². The first-order valence-corrected chi connectivity index (χ1v) is 19.1. The second kappa shape index (κ2) is 24.6. The SMILES string of the molecule is CC(C)(C)c1ccc2c(c1)CCCC2.[CH2-]Cc1[c-]cc(C(C)(C)C)cc1.[CH2-]Cc1[c-]ccc(C(C)(C)C)c1.[CH2-]Cc1ccc(C(C)(C)C)cc1[CH2-].[W+2].[W+2].[W+2]. The monoisotopic (exact) mass is 1230 g/mol. The van der Waals surface area contributed by atoms with Crippen molar-refractivity contribution in [2.24, 2.45) is 0 Å². The van der Waals surface area contributed by atoms with Crippen molar-refractivity contribution in [3.63, 3.8) is 0 Å². The van der Waals surface area contributed by atoms with Gasteiger partial charge in [-0.25, -0.2) is 6.42 Å². The zero-order chi connectivity index (χ0) is 38.6. The Balaban J connectivity index is 0. The normalized spacial score (nSPS) is 12.3. The van der Waals surface area contributed by atoms with Crippen LogP contribution in [0.4, 0.5) is 0 Å². The molecule has 0 fully saturated rings. The fraction of sp³-hybridized carbons (Fsp3) is 0.451. The average molecular weight is 1230 g/mol. The number of benzene rings is 4. The molecule has 0 radical (unpaired) electrons. The third kappa shape index (κ3) is 18.8. The maximum atomic E-state index is 4.03. The van der Waals surface area contributed by atoms with E-state index in [4.69, 9.17) is 0 Å². The van der Waals surface area contributed by atoms with Crippen LogP contribution in [0.15, 0.2) is 72.8 Å². The standard InChI is InChI=1S/C14H20.C13H18.2C12H16.3W/c1-14(2,3)13-9-8-11-6-4-5-7-12(11)10-13;1-6-11-7-8-12(9-10(11)2)13(3,4)5;1-5-10-6-8-11(9-7-10)12(2,3)4;1-5-10-7-6-8-11(9-10)12(2,3)4;;;/h8-10H,4-7H2,1-3H3;7-9H,1-2,6H2,3-5H3;2*6,8-9H,1,5H2,2-4H3;;;/q;3*-2;3*+2. The number of rotatable bonds is 3. The van der Waals surface area contributed by atoms with E-state index in [0.717, 1.165) is 24.8 Å². The van der Waals surface area contributed by atoms with Crippen molar-refractivity contribution in [3.8, 4) is 0 Å². The van der Waals surface area contributed by atoms with Crippen LogP contribution in [-0.4, -0.2) is 0 Å². The van der Waals surface area contributed by atoms with E-state index in [9.17, 15) is 0 Å². The summed E-state index contributed by atoms with van der Waals surface area (Å²) in [7, 11) is 0. The molecule has 0 aromatic heterocycles. The second-order valence-corrected chi connectivity index (χ2v) is 18.1. The predicted molar refractivity (Wildman–Crippen MR) is 227 cm³/mol. The summed E-state index contributed by atoms with van der Waals surface area (Å²) in [5.41, 5.74) is 14.4. The third-order valence-electron chi connectivity index (χ3n) is 9.57. The Kier molecular flexibility index (Phi) is 25.0. The Labute approximate surface area is 378 Å². The van der Waals surface area contributed by atoms with Gasteiger partial charge in [-0.3, -0.25) is 0 Å². The van der Waals surface area contributed by atoms with Crippen molar-refractivity contribution in [3.05, 3.63) is 168 Å². The van der Waals surface area contributed by atoms with Crippen molar-refractivity contribution in [1.82, 2.24) is 0 Å². The first-order chi connectivity index (χ1) is 23.6. The van der Waals surface area contributed by atoms with Gasteiger partial charge in [-0.2, -0.15) is 108 Å². The van der Waals surface area contributed by atoms with Gasteiger partial charge in [0.15, 0.2) is 0 Å². The molecule has 1 aliphatic rings. The van der Waals surface area contributed by atoms with Crippen molar-refractivity contribution in [2.45, 2.75) is 150 Å². The van der Waals surface area contributed by atoms with E-state index >= 15 is 0 Å². The molecule has 0 saturated heterocycles. The number of aryl methyl sites for hydroxylation is 2. The van der Waals surface area contributed by atoms with Crippen LogP contribution in [-0.2, 0) is 117 Å². The number of hydrogen-bond acceptors (Lipinski definition) is 0. The molecular weight excluding hydrogens is 1160 g/mol. The van der Waals surface area contributed by atoms with Crippen molar-refractivity contribution < 1.29 is 63.2 Å². The summed E-state index contributed by atoms with van der Waals surface area (Å²) in [5, 5.41) is 0. The molecule has 0 atom stereocenters. The van der Waals surface area contributed by atoms with Crippen LogP contribution in [0.2, 0.25) is 0 Å². The van der Waals surface area contributed by atoms with E-state index in [-0.39, 0.29) is 79.4 Å². The maximum absolute atomic E-state index is 4.03. The number of fused-ring (bicyclic) bond motifs is 1. The summed E-state index contributed by atoms with van der Waals surface area (Å²) in [6, 6.07) is 32.6. The molecule has 292 valence electrons. The van der Waals surface area contributed by atoms with Crippen molar-refractivity contribution >= 4 is 0 Å². The van der Waals surface area contributed by atoms with Gasteiger partial charge in [0.2, 0.25) is 0 Å². The summed E-state index contributed by atoms with van der Waals surface area (Å²) >= 11 is 0. The summed E-state index contributed by atoms with van der Waals surface area (Å²) in [5.74, 6) is 0. The summed E-state index contributed by atoms with van der Waals surface area (Å²) < 4.78 is 0.